The van der Waals surface area contributed by atoms with E-state index in [2.05, 4.69) is 13.8 Å². The molecule has 1 unspecified atom stereocenters. The molecule has 0 fully saturated rings. The van der Waals surface area contributed by atoms with Crippen molar-refractivity contribution in [2.75, 3.05) is 0 Å². The summed E-state index contributed by atoms with van der Waals surface area (Å²) in [5.41, 5.74) is 1.07. The van der Waals surface area contributed by atoms with E-state index >= 15 is 0 Å². The van der Waals surface area contributed by atoms with Crippen LogP contribution < -0.4 is 0 Å². The number of phenols is 2. The summed E-state index contributed by atoms with van der Waals surface area (Å²) in [6.45, 7) is 13.8. The minimum Gasteiger partial charge on any atom is -0.504 e. The summed E-state index contributed by atoms with van der Waals surface area (Å²) < 4.78 is 5.64. The van der Waals surface area contributed by atoms with Gasteiger partial charge in [-0.3, -0.25) is 4.79 Å². The fourth-order valence-electron chi connectivity index (χ4n) is 2.50. The number of phenolic OH excluding ortho intramolecular Hbond substituents is 2. The Morgan fingerprint density at radius 1 is 0.966 bits per heavy atom. The standard InChI is InChI=1S/C15H22O2.C10H14O2/c1-6-14(2,3)13(16)17-15(4,5)12-10-8-7-9-11-12;1-3-7(2)8-4-5-9(11)10(12)6-8/h7-11H,6H2,1-5H3;4-7,11-12H,3H2,1-2H3. The zero-order valence-electron chi connectivity index (χ0n) is 18.8. The zero-order chi connectivity index (χ0) is 22.2. The maximum absolute atomic E-state index is 12.1. The van der Waals surface area contributed by atoms with E-state index in [9.17, 15) is 9.90 Å². The Kier molecular flexibility index (Phi) is 8.75. The minimum atomic E-state index is -0.579. The molecule has 0 amide bonds. The van der Waals surface area contributed by atoms with E-state index in [0.717, 1.165) is 24.0 Å². The van der Waals surface area contributed by atoms with Crippen molar-refractivity contribution in [3.8, 4) is 11.5 Å². The van der Waals surface area contributed by atoms with Gasteiger partial charge in [-0.15, -0.1) is 0 Å². The van der Waals surface area contributed by atoms with Crippen LogP contribution in [0.2, 0.25) is 0 Å². The van der Waals surface area contributed by atoms with Gasteiger partial charge in [-0.2, -0.15) is 0 Å². The lowest BCUT2D eigenvalue weighted by Gasteiger charge is -2.30. The molecule has 0 aliphatic rings. The first kappa shape index (κ1) is 24.5. The highest BCUT2D eigenvalue weighted by molar-refractivity contribution is 5.76. The average molecular weight is 401 g/mol. The van der Waals surface area contributed by atoms with E-state index in [0.29, 0.717) is 5.92 Å². The first-order chi connectivity index (χ1) is 13.4. The van der Waals surface area contributed by atoms with Crippen LogP contribution >= 0.6 is 0 Å². The summed E-state index contributed by atoms with van der Waals surface area (Å²) in [6.07, 6.45) is 1.81. The molecular formula is C25H36O4. The number of aromatic hydroxyl groups is 2. The van der Waals surface area contributed by atoms with Crippen LogP contribution in [-0.2, 0) is 15.1 Å². The van der Waals surface area contributed by atoms with E-state index in [1.807, 2.05) is 71.0 Å². The molecule has 0 bridgehead atoms. The topological polar surface area (TPSA) is 66.8 Å². The quantitative estimate of drug-likeness (QED) is 0.428. The summed E-state index contributed by atoms with van der Waals surface area (Å²) in [5.74, 6) is 0.195. The molecule has 0 aliphatic heterocycles. The monoisotopic (exact) mass is 400 g/mol. The molecular weight excluding hydrogens is 364 g/mol. The Hall–Kier alpha value is -2.49. The first-order valence-electron chi connectivity index (χ1n) is 10.3. The Labute approximate surface area is 175 Å². The molecule has 0 radical (unpaired) electrons. The molecule has 29 heavy (non-hydrogen) atoms. The van der Waals surface area contributed by atoms with Gasteiger partial charge in [0.05, 0.1) is 5.41 Å². The number of rotatable bonds is 6. The zero-order valence-corrected chi connectivity index (χ0v) is 18.8. The molecule has 2 N–H and O–H groups in total. The molecule has 0 aromatic heterocycles. The SMILES string of the molecule is CCC(C)(C)C(=O)OC(C)(C)c1ccccc1.CCC(C)c1ccc(O)c(O)c1. The number of hydrogen-bond donors (Lipinski definition) is 2. The second-order valence-corrected chi connectivity index (χ2v) is 8.56. The number of carbonyl (C=O) groups excluding carboxylic acids is 1. The predicted octanol–water partition coefficient (Wildman–Crippen LogP) is 6.51. The molecule has 0 saturated carbocycles. The van der Waals surface area contributed by atoms with Crippen LogP contribution in [0.1, 0.15) is 78.4 Å². The van der Waals surface area contributed by atoms with E-state index in [1.54, 1.807) is 6.07 Å². The Balaban J connectivity index is 0.000000308. The second kappa shape index (κ2) is 10.3. The molecule has 160 valence electrons. The van der Waals surface area contributed by atoms with Gasteiger partial charge < -0.3 is 14.9 Å². The van der Waals surface area contributed by atoms with Crippen molar-refractivity contribution in [2.24, 2.45) is 5.41 Å². The number of ether oxygens (including phenoxy) is 1. The lowest BCUT2D eigenvalue weighted by molar-refractivity contribution is -0.168. The van der Waals surface area contributed by atoms with Gasteiger partial charge in [-0.05, 0) is 69.7 Å². The lowest BCUT2D eigenvalue weighted by Crippen LogP contribution is -2.33. The molecule has 0 saturated heterocycles. The minimum absolute atomic E-state index is 0.0344. The van der Waals surface area contributed by atoms with Gasteiger partial charge in [0.2, 0.25) is 0 Å². The van der Waals surface area contributed by atoms with Crippen molar-refractivity contribution < 1.29 is 19.7 Å². The number of carbonyl (C=O) groups is 1. The van der Waals surface area contributed by atoms with Gasteiger partial charge in [-0.25, -0.2) is 0 Å². The highest BCUT2D eigenvalue weighted by Crippen LogP contribution is 2.31. The van der Waals surface area contributed by atoms with Gasteiger partial charge in [0.25, 0.3) is 0 Å². The maximum Gasteiger partial charge on any atom is 0.312 e. The molecule has 2 aromatic rings. The summed E-state index contributed by atoms with van der Waals surface area (Å²) in [5, 5.41) is 18.2. The lowest BCUT2D eigenvalue weighted by atomic mass is 9.89. The molecule has 0 heterocycles. The van der Waals surface area contributed by atoms with Crippen molar-refractivity contribution in [1.29, 1.82) is 0 Å². The number of benzene rings is 2. The third-order valence-electron chi connectivity index (χ3n) is 5.43. The van der Waals surface area contributed by atoms with Crippen LogP contribution in [-0.4, -0.2) is 16.2 Å². The number of hydrogen-bond acceptors (Lipinski definition) is 4. The van der Waals surface area contributed by atoms with Crippen LogP contribution in [0.5, 0.6) is 11.5 Å². The summed E-state index contributed by atoms with van der Waals surface area (Å²) >= 11 is 0. The van der Waals surface area contributed by atoms with Gasteiger partial charge in [0, 0.05) is 0 Å². The summed E-state index contributed by atoms with van der Waals surface area (Å²) in [6, 6.07) is 14.8. The number of esters is 1. The van der Waals surface area contributed by atoms with Crippen LogP contribution in [0.15, 0.2) is 48.5 Å². The van der Waals surface area contributed by atoms with Crippen molar-refractivity contribution in [1.82, 2.24) is 0 Å². The summed E-state index contributed by atoms with van der Waals surface area (Å²) in [7, 11) is 0. The van der Waals surface area contributed by atoms with Crippen molar-refractivity contribution in [2.45, 2.75) is 72.8 Å². The third-order valence-corrected chi connectivity index (χ3v) is 5.43. The fraction of sp³-hybridized carbons (Fsp3) is 0.480. The van der Waals surface area contributed by atoms with Crippen LogP contribution in [0.25, 0.3) is 0 Å². The van der Waals surface area contributed by atoms with Crippen LogP contribution in [0.4, 0.5) is 0 Å². The van der Waals surface area contributed by atoms with E-state index in [1.165, 1.54) is 6.07 Å². The van der Waals surface area contributed by atoms with Gasteiger partial charge in [-0.1, -0.05) is 57.2 Å². The van der Waals surface area contributed by atoms with Crippen LogP contribution in [0.3, 0.4) is 0 Å². The molecule has 0 aliphatic carbocycles. The first-order valence-corrected chi connectivity index (χ1v) is 10.3. The normalized spacial score (nSPS) is 12.5. The molecule has 4 heteroatoms. The predicted molar refractivity (Wildman–Crippen MR) is 118 cm³/mol. The van der Waals surface area contributed by atoms with Gasteiger partial charge in [0.15, 0.2) is 11.5 Å². The average Bonchev–Trinajstić information content (AvgIpc) is 2.70. The molecule has 0 spiro atoms. The summed E-state index contributed by atoms with van der Waals surface area (Å²) in [4.78, 5) is 12.1. The van der Waals surface area contributed by atoms with Crippen molar-refractivity contribution in [3.05, 3.63) is 59.7 Å². The Bertz CT molecular complexity index is 779. The molecule has 4 nitrogen and oxygen atoms in total. The highest BCUT2D eigenvalue weighted by atomic mass is 16.6. The Morgan fingerprint density at radius 3 is 2.03 bits per heavy atom. The maximum atomic E-state index is 12.1. The van der Waals surface area contributed by atoms with E-state index < -0.39 is 11.0 Å². The van der Waals surface area contributed by atoms with Crippen molar-refractivity contribution >= 4 is 5.97 Å². The smallest absolute Gasteiger partial charge is 0.312 e. The second-order valence-electron chi connectivity index (χ2n) is 8.56. The molecule has 2 rings (SSSR count). The van der Waals surface area contributed by atoms with Gasteiger partial charge >= 0.3 is 5.97 Å². The van der Waals surface area contributed by atoms with Crippen LogP contribution in [0, 0.1) is 5.41 Å². The largest absolute Gasteiger partial charge is 0.504 e. The Morgan fingerprint density at radius 2 is 1.55 bits per heavy atom. The molecule has 2 aromatic carbocycles. The third kappa shape index (κ3) is 7.12. The van der Waals surface area contributed by atoms with E-state index in [-0.39, 0.29) is 17.5 Å². The van der Waals surface area contributed by atoms with E-state index in [4.69, 9.17) is 9.84 Å². The van der Waals surface area contributed by atoms with Crippen molar-refractivity contribution in [3.63, 3.8) is 0 Å². The van der Waals surface area contributed by atoms with Gasteiger partial charge in [0.1, 0.15) is 5.60 Å². The molecule has 1 atom stereocenters. The highest BCUT2D eigenvalue weighted by Gasteiger charge is 2.33. The fourth-order valence-corrected chi connectivity index (χ4v) is 2.50.